The second kappa shape index (κ2) is 13.4. The van der Waals surface area contributed by atoms with Crippen LogP contribution in [0.5, 0.6) is 0 Å². The van der Waals surface area contributed by atoms with Crippen LogP contribution in [-0.2, 0) is 0 Å². The Morgan fingerprint density at radius 3 is 1.42 bits per heavy atom. The van der Waals surface area contributed by atoms with Gasteiger partial charge in [0.15, 0.2) is 0 Å². The predicted molar refractivity (Wildman–Crippen MR) is 251 cm³/mol. The van der Waals surface area contributed by atoms with Gasteiger partial charge in [-0.1, -0.05) is 170 Å². The lowest BCUT2D eigenvalue weighted by molar-refractivity contribution is 0.673. The van der Waals surface area contributed by atoms with Gasteiger partial charge in [0, 0.05) is 55.1 Å². The van der Waals surface area contributed by atoms with Gasteiger partial charge in [-0.3, -0.25) is 0 Å². The van der Waals surface area contributed by atoms with Crippen molar-refractivity contribution in [2.45, 2.75) is 0 Å². The average Bonchev–Trinajstić information content (AvgIpc) is 3.69. The Balaban J connectivity index is 1.18. The number of rotatable bonds is 6. The van der Waals surface area contributed by atoms with E-state index in [1.807, 2.05) is 0 Å². The Bertz CT molecular complexity index is 3570. The standard InChI is InChI=1S/C56H36N2O/c1-3-21-39(22-4-1)57(50-33-17-20-37-18-7-10-26-42(37)50)52-35-49-55-47-31-15-13-29-45(47)53(36-54(55)59-56(49)48-32-16-14-30-46(48)52)58(40-23-5-2-6-24-40)51-34-38-19-8-9-25-41(38)43-27-11-12-28-44(43)51/h1-36H. The van der Waals surface area contributed by atoms with Gasteiger partial charge in [0.05, 0.1) is 22.7 Å². The first kappa shape index (κ1) is 33.3. The van der Waals surface area contributed by atoms with Crippen molar-refractivity contribution >= 4 is 110 Å². The normalized spacial score (nSPS) is 11.7. The molecule has 11 aromatic carbocycles. The molecule has 0 aliphatic heterocycles. The Kier molecular flexibility index (Phi) is 7.54. The van der Waals surface area contributed by atoms with Crippen molar-refractivity contribution < 1.29 is 4.42 Å². The molecule has 59 heavy (non-hydrogen) atoms. The molecule has 0 amide bonds. The van der Waals surface area contributed by atoms with E-state index >= 15 is 0 Å². The van der Waals surface area contributed by atoms with Crippen LogP contribution in [-0.4, -0.2) is 0 Å². The molecule has 0 aliphatic carbocycles. The van der Waals surface area contributed by atoms with Gasteiger partial charge in [0.25, 0.3) is 0 Å². The van der Waals surface area contributed by atoms with Crippen LogP contribution in [0.15, 0.2) is 223 Å². The van der Waals surface area contributed by atoms with Crippen molar-refractivity contribution in [2.24, 2.45) is 0 Å². The minimum atomic E-state index is 0.846. The molecular weight excluding hydrogens is 717 g/mol. The molecule has 276 valence electrons. The third-order valence-corrected chi connectivity index (χ3v) is 11.9. The summed E-state index contributed by atoms with van der Waals surface area (Å²) in [4.78, 5) is 4.84. The SMILES string of the molecule is c1ccc(N(c2cccc3ccccc23)c2cc3c(oc4cc(N(c5ccccc5)c5cc6ccccc6c6ccccc56)c5ccccc5c43)c3ccccc23)cc1. The molecule has 0 saturated carbocycles. The molecule has 0 saturated heterocycles. The van der Waals surface area contributed by atoms with E-state index in [0.29, 0.717) is 0 Å². The van der Waals surface area contributed by atoms with E-state index in [1.54, 1.807) is 0 Å². The van der Waals surface area contributed by atoms with Gasteiger partial charge >= 0.3 is 0 Å². The fourth-order valence-electron chi connectivity index (χ4n) is 9.39. The highest BCUT2D eigenvalue weighted by Gasteiger charge is 2.25. The topological polar surface area (TPSA) is 19.6 Å². The second-order valence-electron chi connectivity index (χ2n) is 15.2. The zero-order chi connectivity index (χ0) is 38.9. The number of nitrogens with zero attached hydrogens (tertiary/aromatic N) is 2. The number of benzene rings is 11. The maximum absolute atomic E-state index is 7.17. The average molecular weight is 753 g/mol. The van der Waals surface area contributed by atoms with Gasteiger partial charge in [-0.2, -0.15) is 0 Å². The predicted octanol–water partition coefficient (Wildman–Crippen LogP) is 16.3. The number of furan rings is 1. The molecule has 3 nitrogen and oxygen atoms in total. The summed E-state index contributed by atoms with van der Waals surface area (Å²) < 4.78 is 7.17. The monoisotopic (exact) mass is 752 g/mol. The van der Waals surface area contributed by atoms with Gasteiger partial charge in [-0.25, -0.2) is 0 Å². The first-order chi connectivity index (χ1) is 29.3. The minimum absolute atomic E-state index is 0.846. The molecule has 0 atom stereocenters. The zero-order valence-electron chi connectivity index (χ0n) is 32.1. The van der Waals surface area contributed by atoms with E-state index in [-0.39, 0.29) is 0 Å². The molecule has 0 N–H and O–H groups in total. The molecule has 0 bridgehead atoms. The van der Waals surface area contributed by atoms with Crippen molar-refractivity contribution in [3.8, 4) is 0 Å². The fourth-order valence-corrected chi connectivity index (χ4v) is 9.39. The largest absolute Gasteiger partial charge is 0.455 e. The molecular formula is C56H36N2O. The van der Waals surface area contributed by atoms with E-state index in [9.17, 15) is 0 Å². The minimum Gasteiger partial charge on any atom is -0.455 e. The van der Waals surface area contributed by atoms with Crippen LogP contribution in [0.2, 0.25) is 0 Å². The van der Waals surface area contributed by atoms with Gasteiger partial charge in [-0.15, -0.1) is 0 Å². The Labute approximate surface area is 341 Å². The van der Waals surface area contributed by atoms with Crippen molar-refractivity contribution in [2.75, 3.05) is 9.80 Å². The molecule has 1 aromatic heterocycles. The van der Waals surface area contributed by atoms with Crippen LogP contribution >= 0.6 is 0 Å². The maximum Gasteiger partial charge on any atom is 0.143 e. The van der Waals surface area contributed by atoms with E-state index in [0.717, 1.165) is 77.6 Å². The van der Waals surface area contributed by atoms with E-state index in [4.69, 9.17) is 4.42 Å². The lowest BCUT2D eigenvalue weighted by Gasteiger charge is -2.29. The maximum atomic E-state index is 7.17. The Morgan fingerprint density at radius 2 is 0.729 bits per heavy atom. The molecule has 0 fully saturated rings. The highest BCUT2D eigenvalue weighted by Crippen LogP contribution is 2.50. The van der Waals surface area contributed by atoms with Crippen LogP contribution in [0.1, 0.15) is 0 Å². The molecule has 0 unspecified atom stereocenters. The zero-order valence-corrected chi connectivity index (χ0v) is 32.1. The number of para-hydroxylation sites is 2. The van der Waals surface area contributed by atoms with Crippen molar-refractivity contribution in [1.29, 1.82) is 0 Å². The summed E-state index contributed by atoms with van der Waals surface area (Å²) in [5, 5.41) is 13.9. The van der Waals surface area contributed by atoms with Crippen molar-refractivity contribution in [3.05, 3.63) is 218 Å². The quantitative estimate of drug-likeness (QED) is 0.158. The van der Waals surface area contributed by atoms with E-state index < -0.39 is 0 Å². The van der Waals surface area contributed by atoms with Gasteiger partial charge in [0.2, 0.25) is 0 Å². The summed E-state index contributed by atoms with van der Waals surface area (Å²) in [5.41, 5.74) is 8.30. The number of fused-ring (bicyclic) bond motifs is 11. The second-order valence-corrected chi connectivity index (χ2v) is 15.2. The van der Waals surface area contributed by atoms with Crippen LogP contribution < -0.4 is 9.80 Å². The van der Waals surface area contributed by atoms with E-state index in [2.05, 4.69) is 228 Å². The summed E-state index contributed by atoms with van der Waals surface area (Å²) in [7, 11) is 0. The highest BCUT2D eigenvalue weighted by atomic mass is 16.3. The van der Waals surface area contributed by atoms with Gasteiger partial charge in [0.1, 0.15) is 11.2 Å². The van der Waals surface area contributed by atoms with Crippen LogP contribution in [0.4, 0.5) is 34.1 Å². The van der Waals surface area contributed by atoms with Crippen LogP contribution in [0, 0.1) is 0 Å². The lowest BCUT2D eigenvalue weighted by atomic mass is 9.96. The highest BCUT2D eigenvalue weighted by molar-refractivity contribution is 6.28. The summed E-state index contributed by atoms with van der Waals surface area (Å²) in [6.45, 7) is 0. The first-order valence-electron chi connectivity index (χ1n) is 20.2. The number of hydrogen-bond donors (Lipinski definition) is 0. The summed E-state index contributed by atoms with van der Waals surface area (Å²) >= 11 is 0. The molecule has 1 heterocycles. The summed E-state index contributed by atoms with van der Waals surface area (Å²) in [6.07, 6.45) is 0. The molecule has 12 aromatic rings. The van der Waals surface area contributed by atoms with Gasteiger partial charge < -0.3 is 14.2 Å². The smallest absolute Gasteiger partial charge is 0.143 e. The summed E-state index contributed by atoms with van der Waals surface area (Å²) in [5.74, 6) is 0. The molecule has 0 radical (unpaired) electrons. The van der Waals surface area contributed by atoms with Crippen molar-refractivity contribution in [1.82, 2.24) is 0 Å². The Morgan fingerprint density at radius 1 is 0.271 bits per heavy atom. The summed E-state index contributed by atoms with van der Waals surface area (Å²) in [6, 6.07) is 78.6. The third kappa shape index (κ3) is 5.22. The third-order valence-electron chi connectivity index (χ3n) is 11.9. The lowest BCUT2D eigenvalue weighted by Crippen LogP contribution is -2.11. The van der Waals surface area contributed by atoms with Gasteiger partial charge in [-0.05, 0) is 69.4 Å². The fraction of sp³-hybridized carbons (Fsp3) is 0. The Hall–Kier alpha value is -7.88. The molecule has 0 aliphatic rings. The van der Waals surface area contributed by atoms with E-state index in [1.165, 1.54) is 32.3 Å². The van der Waals surface area contributed by atoms with Crippen molar-refractivity contribution in [3.63, 3.8) is 0 Å². The first-order valence-corrected chi connectivity index (χ1v) is 20.2. The van der Waals surface area contributed by atoms with Crippen LogP contribution in [0.3, 0.4) is 0 Å². The molecule has 3 heteroatoms. The van der Waals surface area contributed by atoms with Crippen LogP contribution in [0.25, 0.3) is 75.8 Å². The molecule has 12 rings (SSSR count). The number of hydrogen-bond acceptors (Lipinski definition) is 3. The molecule has 0 spiro atoms. The number of anilines is 6.